The van der Waals surface area contributed by atoms with E-state index in [1.807, 2.05) is 13.0 Å². The van der Waals surface area contributed by atoms with Crippen LogP contribution >= 0.6 is 0 Å². The summed E-state index contributed by atoms with van der Waals surface area (Å²) < 4.78 is 6.31. The first-order valence-corrected chi connectivity index (χ1v) is 11.0. The minimum Gasteiger partial charge on any atom is -0.437 e. The Labute approximate surface area is 185 Å². The number of para-hydroxylation sites is 1. The van der Waals surface area contributed by atoms with Crippen molar-refractivity contribution in [3.05, 3.63) is 77.7 Å². The number of furan rings is 1. The maximum absolute atomic E-state index is 6.31. The second-order valence-electron chi connectivity index (χ2n) is 8.81. The summed E-state index contributed by atoms with van der Waals surface area (Å²) in [4.78, 5) is 14.7. The molecule has 4 heteroatoms. The highest BCUT2D eigenvalue weighted by molar-refractivity contribution is 6.14. The normalized spacial score (nSPS) is 12.0. The number of aromatic nitrogens is 3. The zero-order valence-electron chi connectivity index (χ0n) is 18.6. The minimum absolute atomic E-state index is 0.206. The van der Waals surface area contributed by atoms with E-state index in [2.05, 4.69) is 80.4 Å². The fourth-order valence-corrected chi connectivity index (χ4v) is 4.58. The van der Waals surface area contributed by atoms with Crippen LogP contribution in [0.25, 0.3) is 55.0 Å². The summed E-state index contributed by atoms with van der Waals surface area (Å²) in [7, 11) is 0. The van der Waals surface area contributed by atoms with E-state index < -0.39 is 0 Å². The maximum atomic E-state index is 6.31. The van der Waals surface area contributed by atoms with Crippen molar-refractivity contribution >= 4 is 43.7 Å². The molecule has 0 aliphatic rings. The van der Waals surface area contributed by atoms with Gasteiger partial charge in [-0.15, -0.1) is 0 Å². The van der Waals surface area contributed by atoms with Gasteiger partial charge in [0.2, 0.25) is 5.71 Å². The molecule has 0 aliphatic heterocycles. The van der Waals surface area contributed by atoms with Crippen molar-refractivity contribution in [1.82, 2.24) is 15.0 Å². The second kappa shape index (κ2) is 6.86. The Morgan fingerprint density at radius 1 is 0.719 bits per heavy atom. The number of nitrogens with zero attached hydrogens (tertiary/aromatic N) is 3. The van der Waals surface area contributed by atoms with Crippen LogP contribution in [0.15, 0.2) is 65.1 Å². The van der Waals surface area contributed by atoms with Crippen molar-refractivity contribution in [1.29, 1.82) is 0 Å². The first-order valence-electron chi connectivity index (χ1n) is 11.0. The highest BCUT2D eigenvalue weighted by Gasteiger charge is 2.19. The molecule has 0 bridgehead atoms. The van der Waals surface area contributed by atoms with Crippen LogP contribution in [0.3, 0.4) is 0 Å². The average molecular weight is 418 g/mol. The Morgan fingerprint density at radius 2 is 1.50 bits per heavy atom. The van der Waals surface area contributed by atoms with Gasteiger partial charge in [0, 0.05) is 38.7 Å². The van der Waals surface area contributed by atoms with Gasteiger partial charge in [0.1, 0.15) is 11.4 Å². The van der Waals surface area contributed by atoms with Crippen molar-refractivity contribution in [3.8, 4) is 11.3 Å². The van der Waals surface area contributed by atoms with Gasteiger partial charge in [0.25, 0.3) is 0 Å². The van der Waals surface area contributed by atoms with Crippen molar-refractivity contribution in [2.75, 3.05) is 0 Å². The van der Waals surface area contributed by atoms with E-state index in [1.54, 1.807) is 0 Å². The molecular formula is C28H23N3O. The highest BCUT2D eigenvalue weighted by atomic mass is 16.3. The summed E-state index contributed by atoms with van der Waals surface area (Å²) in [6.45, 7) is 8.40. The van der Waals surface area contributed by atoms with Crippen LogP contribution in [-0.2, 0) is 0 Å². The molecule has 0 saturated carbocycles. The Kier molecular flexibility index (Phi) is 4.06. The molecule has 32 heavy (non-hydrogen) atoms. The highest BCUT2D eigenvalue weighted by Crippen LogP contribution is 2.39. The molecule has 0 amide bonds. The Morgan fingerprint density at radius 3 is 2.31 bits per heavy atom. The summed E-state index contributed by atoms with van der Waals surface area (Å²) in [6, 6.07) is 21.0. The molecule has 0 spiro atoms. The zero-order chi connectivity index (χ0) is 22.0. The van der Waals surface area contributed by atoms with E-state index in [0.29, 0.717) is 5.71 Å². The summed E-state index contributed by atoms with van der Waals surface area (Å²) in [6.07, 6.45) is 0. The molecule has 0 N–H and O–H groups in total. The molecule has 6 rings (SSSR count). The average Bonchev–Trinajstić information content (AvgIpc) is 3.16. The maximum Gasteiger partial charge on any atom is 0.227 e. The van der Waals surface area contributed by atoms with Gasteiger partial charge < -0.3 is 4.42 Å². The third kappa shape index (κ3) is 2.72. The molecule has 3 aromatic heterocycles. The van der Waals surface area contributed by atoms with Crippen LogP contribution in [0, 0.1) is 13.8 Å². The number of fused-ring (bicyclic) bond motifs is 6. The number of hydrogen-bond donors (Lipinski definition) is 0. The number of pyridine rings is 1. The van der Waals surface area contributed by atoms with Crippen molar-refractivity contribution < 1.29 is 4.42 Å². The van der Waals surface area contributed by atoms with Gasteiger partial charge in [-0.1, -0.05) is 50.2 Å². The zero-order valence-corrected chi connectivity index (χ0v) is 18.6. The van der Waals surface area contributed by atoms with E-state index >= 15 is 0 Å². The minimum atomic E-state index is 0.206. The number of aryl methyl sites for hydroxylation is 2. The summed E-state index contributed by atoms with van der Waals surface area (Å²) in [5.41, 5.74) is 6.51. The largest absolute Gasteiger partial charge is 0.437 e. The van der Waals surface area contributed by atoms with Crippen LogP contribution in [0.5, 0.6) is 0 Å². The second-order valence-corrected chi connectivity index (χ2v) is 8.81. The molecule has 3 heterocycles. The Bertz CT molecular complexity index is 1680. The number of rotatable bonds is 2. The predicted octanol–water partition coefficient (Wildman–Crippen LogP) is 7.48. The molecule has 6 aromatic rings. The third-order valence-electron chi connectivity index (χ3n) is 6.21. The number of hydrogen-bond acceptors (Lipinski definition) is 4. The fraction of sp³-hybridized carbons (Fsp3) is 0.179. The molecule has 0 aliphatic carbocycles. The van der Waals surface area contributed by atoms with Crippen LogP contribution in [0.2, 0.25) is 0 Å². The first kappa shape index (κ1) is 18.9. The molecule has 4 nitrogen and oxygen atoms in total. The molecule has 0 radical (unpaired) electrons. The third-order valence-corrected chi connectivity index (χ3v) is 6.21. The summed E-state index contributed by atoms with van der Waals surface area (Å²) >= 11 is 0. The molecular weight excluding hydrogens is 394 g/mol. The Balaban J connectivity index is 1.78. The number of benzene rings is 3. The van der Waals surface area contributed by atoms with Gasteiger partial charge in [-0.2, -0.15) is 0 Å². The fourth-order valence-electron chi connectivity index (χ4n) is 4.58. The molecule has 156 valence electrons. The van der Waals surface area contributed by atoms with Gasteiger partial charge in [0.05, 0.1) is 11.2 Å². The van der Waals surface area contributed by atoms with Gasteiger partial charge in [0.15, 0.2) is 0 Å². The van der Waals surface area contributed by atoms with Gasteiger partial charge in [-0.25, -0.2) is 15.0 Å². The van der Waals surface area contributed by atoms with Crippen molar-refractivity contribution in [2.45, 2.75) is 33.6 Å². The smallest absolute Gasteiger partial charge is 0.227 e. The predicted molar refractivity (Wildman–Crippen MR) is 131 cm³/mol. The van der Waals surface area contributed by atoms with E-state index in [-0.39, 0.29) is 5.92 Å². The first-order chi connectivity index (χ1) is 15.5. The lowest BCUT2D eigenvalue weighted by molar-refractivity contribution is 0.653. The van der Waals surface area contributed by atoms with Gasteiger partial charge in [-0.05, 0) is 49.1 Å². The molecule has 3 aromatic carbocycles. The topological polar surface area (TPSA) is 51.8 Å². The lowest BCUT2D eigenvalue weighted by Crippen LogP contribution is -2.01. The lowest BCUT2D eigenvalue weighted by atomic mass is 9.97. The van der Waals surface area contributed by atoms with E-state index in [9.17, 15) is 0 Å². The Hall–Kier alpha value is -3.79. The van der Waals surface area contributed by atoms with E-state index in [1.165, 1.54) is 10.9 Å². The van der Waals surface area contributed by atoms with E-state index in [0.717, 1.165) is 55.4 Å². The molecule has 0 saturated heterocycles. The standard InChI is InChI=1S/C28H23N3O/c1-15(2)27-30-24-19-9-6-5-8-18(19)16(3)14-23(24)25(31-27)22-11-7-10-20-21-13-12-17(4)29-28(21)32-26(20)22/h5-15H,1-4H3. The van der Waals surface area contributed by atoms with Crippen LogP contribution in [0.4, 0.5) is 0 Å². The van der Waals surface area contributed by atoms with Gasteiger partial charge >= 0.3 is 0 Å². The quantitative estimate of drug-likeness (QED) is 0.274. The van der Waals surface area contributed by atoms with Gasteiger partial charge in [-0.3, -0.25) is 0 Å². The summed E-state index contributed by atoms with van der Waals surface area (Å²) in [5, 5.41) is 5.50. The van der Waals surface area contributed by atoms with Crippen LogP contribution in [0.1, 0.15) is 36.8 Å². The monoisotopic (exact) mass is 417 g/mol. The molecule has 0 unspecified atom stereocenters. The molecule has 0 atom stereocenters. The SMILES string of the molecule is Cc1ccc2c(n1)oc1c(-c3nc(C(C)C)nc4c3cc(C)c3ccccc34)cccc12. The van der Waals surface area contributed by atoms with E-state index in [4.69, 9.17) is 14.4 Å². The summed E-state index contributed by atoms with van der Waals surface area (Å²) in [5.74, 6) is 1.04. The van der Waals surface area contributed by atoms with Crippen LogP contribution in [-0.4, -0.2) is 15.0 Å². The lowest BCUT2D eigenvalue weighted by Gasteiger charge is -2.14. The molecule has 0 fully saturated rings. The van der Waals surface area contributed by atoms with Crippen molar-refractivity contribution in [3.63, 3.8) is 0 Å². The van der Waals surface area contributed by atoms with Crippen LogP contribution < -0.4 is 0 Å². The van der Waals surface area contributed by atoms with Crippen molar-refractivity contribution in [2.24, 2.45) is 0 Å².